The van der Waals surface area contributed by atoms with E-state index in [-0.39, 0.29) is 55.4 Å². The summed E-state index contributed by atoms with van der Waals surface area (Å²) in [7, 11) is 0. The van der Waals surface area contributed by atoms with Gasteiger partial charge in [0.1, 0.15) is 11.2 Å². The minimum Gasteiger partial charge on any atom is -0.456 e. The number of fused-ring (bicyclic) bond motifs is 5. The van der Waals surface area contributed by atoms with Gasteiger partial charge in [0.25, 0.3) is 0 Å². The fourth-order valence-corrected chi connectivity index (χ4v) is 6.40. The van der Waals surface area contributed by atoms with E-state index >= 15 is 0 Å². The van der Waals surface area contributed by atoms with Crippen LogP contribution in [0.4, 0.5) is 0 Å². The fourth-order valence-electron chi connectivity index (χ4n) is 6.40. The number of hydrogen-bond donors (Lipinski definition) is 0. The standard InChI is InChI=1S/C44H30O/c1-3-14-29(15-4-1)31-18-13-19-32(28-31)41-34-20-7-9-22-36(34)42(37-23-10-8-21-35(37)41)44-33(30-16-5-2-6-17-30)26-27-40-43(44)38-24-11-12-25-39(38)45-40/h2-3,5-28H,1,4H2/i1D,3D,4D,7D,8D,9D,10D,14D,15D,20D,21D,22D,23D. The predicted octanol–water partition coefficient (Wildman–Crippen LogP) is 12.6. The van der Waals surface area contributed by atoms with E-state index in [4.69, 9.17) is 16.8 Å². The molecule has 0 N–H and O–H groups in total. The van der Waals surface area contributed by atoms with Crippen LogP contribution in [0, 0.1) is 0 Å². The summed E-state index contributed by atoms with van der Waals surface area (Å²) in [4.78, 5) is 0. The highest BCUT2D eigenvalue weighted by Crippen LogP contribution is 2.50. The van der Waals surface area contributed by atoms with Crippen LogP contribution in [0.25, 0.3) is 82.4 Å². The van der Waals surface area contributed by atoms with Crippen LogP contribution in [0.1, 0.15) is 36.2 Å². The third kappa shape index (κ3) is 4.16. The number of furan rings is 1. The van der Waals surface area contributed by atoms with E-state index in [0.717, 1.165) is 5.56 Å². The first-order chi connectivity index (χ1) is 27.7. The van der Waals surface area contributed by atoms with Crippen molar-refractivity contribution in [3.8, 4) is 33.4 Å². The lowest BCUT2D eigenvalue weighted by atomic mass is 9.82. The summed E-state index contributed by atoms with van der Waals surface area (Å²) in [6, 6.07) is 21.6. The van der Waals surface area contributed by atoms with Crippen molar-refractivity contribution >= 4 is 49.1 Å². The molecule has 9 rings (SSSR count). The smallest absolute Gasteiger partial charge is 0.136 e. The van der Waals surface area contributed by atoms with Gasteiger partial charge in [0, 0.05) is 19.1 Å². The highest BCUT2D eigenvalue weighted by atomic mass is 16.3. The first kappa shape index (κ1) is 15.9. The molecule has 2 atom stereocenters. The topological polar surface area (TPSA) is 13.1 Å². The molecule has 0 saturated carbocycles. The number of hydrogen-bond acceptors (Lipinski definition) is 1. The Labute approximate surface area is 280 Å². The summed E-state index contributed by atoms with van der Waals surface area (Å²) in [5.74, 6) is 0. The Bertz CT molecular complexity index is 3080. The molecule has 1 aromatic heterocycles. The Morgan fingerprint density at radius 1 is 0.533 bits per heavy atom. The van der Waals surface area contributed by atoms with Gasteiger partial charge in [-0.2, -0.15) is 0 Å². The van der Waals surface area contributed by atoms with Crippen molar-refractivity contribution in [2.24, 2.45) is 0 Å². The largest absolute Gasteiger partial charge is 0.456 e. The second-order valence-corrected chi connectivity index (χ2v) is 10.8. The second-order valence-electron chi connectivity index (χ2n) is 10.8. The first-order valence-corrected chi connectivity index (χ1v) is 14.5. The maximum Gasteiger partial charge on any atom is 0.136 e. The molecule has 1 aliphatic rings. The minimum absolute atomic E-state index is 0.00903. The maximum atomic E-state index is 9.57. The molecule has 1 aliphatic carbocycles. The maximum absolute atomic E-state index is 9.57. The Morgan fingerprint density at radius 2 is 1.20 bits per heavy atom. The van der Waals surface area contributed by atoms with E-state index in [2.05, 4.69) is 0 Å². The Hall–Kier alpha value is -5.66. The van der Waals surface area contributed by atoms with Gasteiger partial charge in [-0.25, -0.2) is 0 Å². The van der Waals surface area contributed by atoms with Crippen LogP contribution in [0.3, 0.4) is 0 Å². The van der Waals surface area contributed by atoms with Gasteiger partial charge in [0.2, 0.25) is 0 Å². The van der Waals surface area contributed by atoms with Crippen LogP contribution in [0.15, 0.2) is 162 Å². The fraction of sp³-hybridized carbons (Fsp3) is 0.0455. The Balaban J connectivity index is 1.56. The normalized spacial score (nSPS) is 21.2. The van der Waals surface area contributed by atoms with Crippen LogP contribution in [0.5, 0.6) is 0 Å². The quantitative estimate of drug-likeness (QED) is 0.187. The van der Waals surface area contributed by atoms with Crippen molar-refractivity contribution in [2.45, 2.75) is 12.8 Å². The van der Waals surface area contributed by atoms with Crippen LogP contribution < -0.4 is 0 Å². The molecule has 1 nitrogen and oxygen atoms in total. The Morgan fingerprint density at radius 3 is 1.98 bits per heavy atom. The van der Waals surface area contributed by atoms with Crippen molar-refractivity contribution in [3.63, 3.8) is 0 Å². The molecule has 0 bridgehead atoms. The van der Waals surface area contributed by atoms with E-state index in [1.165, 1.54) is 0 Å². The molecule has 1 heterocycles. The highest BCUT2D eigenvalue weighted by Gasteiger charge is 2.23. The third-order valence-electron chi connectivity index (χ3n) is 8.28. The summed E-state index contributed by atoms with van der Waals surface area (Å²) in [6.45, 7) is 0. The molecule has 8 aromatic rings. The molecule has 212 valence electrons. The monoisotopic (exact) mass is 587 g/mol. The highest BCUT2D eigenvalue weighted by molar-refractivity contribution is 6.27. The summed E-state index contributed by atoms with van der Waals surface area (Å²) in [6.07, 6.45) is -2.85. The molecule has 0 radical (unpaired) electrons. The van der Waals surface area contributed by atoms with Gasteiger partial charge < -0.3 is 4.42 Å². The average molecular weight is 588 g/mol. The van der Waals surface area contributed by atoms with Crippen molar-refractivity contribution < 1.29 is 22.2 Å². The minimum atomic E-state index is -1.43. The number of para-hydroxylation sites is 1. The van der Waals surface area contributed by atoms with E-state index in [9.17, 15) is 5.48 Å². The van der Waals surface area contributed by atoms with Crippen molar-refractivity contribution in [2.75, 3.05) is 0 Å². The van der Waals surface area contributed by atoms with Crippen LogP contribution in [-0.4, -0.2) is 0 Å². The molecule has 45 heavy (non-hydrogen) atoms. The van der Waals surface area contributed by atoms with E-state index in [0.29, 0.717) is 33.1 Å². The zero-order valence-electron chi connectivity index (χ0n) is 36.7. The van der Waals surface area contributed by atoms with E-state index < -0.39 is 73.2 Å². The van der Waals surface area contributed by atoms with Crippen LogP contribution >= 0.6 is 0 Å². The molecule has 1 heteroatoms. The zero-order chi connectivity index (χ0) is 41.1. The van der Waals surface area contributed by atoms with Crippen molar-refractivity contribution in [1.29, 1.82) is 0 Å². The molecule has 2 unspecified atom stereocenters. The van der Waals surface area contributed by atoms with Crippen molar-refractivity contribution in [1.82, 2.24) is 0 Å². The first-order valence-electron chi connectivity index (χ1n) is 21.2. The predicted molar refractivity (Wildman–Crippen MR) is 191 cm³/mol. The lowest BCUT2D eigenvalue weighted by Crippen LogP contribution is -1.94. The molecule has 0 aliphatic heterocycles. The summed E-state index contributed by atoms with van der Waals surface area (Å²) < 4.78 is 123. The number of rotatable bonds is 4. The zero-order valence-corrected chi connectivity index (χ0v) is 23.7. The molecular weight excluding hydrogens is 544 g/mol. The van der Waals surface area contributed by atoms with Gasteiger partial charge in [0.15, 0.2) is 0 Å². The molecular formula is C44H30O. The lowest BCUT2D eigenvalue weighted by Gasteiger charge is -2.21. The van der Waals surface area contributed by atoms with Crippen molar-refractivity contribution in [3.05, 3.63) is 163 Å². The molecule has 0 fully saturated rings. The van der Waals surface area contributed by atoms with Gasteiger partial charge in [-0.15, -0.1) is 0 Å². The SMILES string of the molecule is [2H]C1=C([2H])C([2H])C([2H])C([2H])=C1c1cccc(-c2c3c([2H])c([2H])c([2H])c([2H])c3c(-c3c(-c4ccccc4)ccc4oc5ccccc5c34)c3c([2H])c([2H])c([2H])c([2H])c23)c1. The van der Waals surface area contributed by atoms with Crippen LogP contribution in [0.2, 0.25) is 0 Å². The number of allylic oxidation sites excluding steroid dienone is 4. The molecule has 0 spiro atoms. The van der Waals surface area contributed by atoms with E-state index in [1.807, 2.05) is 66.7 Å². The molecule has 7 aromatic carbocycles. The average Bonchev–Trinajstić information content (AvgIpc) is 3.63. The summed E-state index contributed by atoms with van der Waals surface area (Å²) in [5.41, 5.74) is 3.49. The van der Waals surface area contributed by atoms with Gasteiger partial charge >= 0.3 is 0 Å². The van der Waals surface area contributed by atoms with Gasteiger partial charge in [0.05, 0.1) is 15.1 Å². The number of benzene rings is 7. The second kappa shape index (κ2) is 10.5. The summed E-state index contributed by atoms with van der Waals surface area (Å²) >= 11 is 0. The van der Waals surface area contributed by atoms with Gasteiger partial charge in [-0.1, -0.05) is 139 Å². The van der Waals surface area contributed by atoms with Gasteiger partial charge in [-0.05, 0) is 91.5 Å². The van der Waals surface area contributed by atoms with Gasteiger partial charge in [-0.3, -0.25) is 0 Å². The third-order valence-corrected chi connectivity index (χ3v) is 8.28. The summed E-state index contributed by atoms with van der Waals surface area (Å²) in [5, 5.41) is 1.25. The molecule has 0 amide bonds. The van der Waals surface area contributed by atoms with E-state index in [1.54, 1.807) is 24.3 Å². The molecule has 0 saturated heterocycles. The van der Waals surface area contributed by atoms with Crippen LogP contribution in [-0.2, 0) is 0 Å². The lowest BCUT2D eigenvalue weighted by molar-refractivity contribution is 0.669. The Kier molecular flexibility index (Phi) is 3.71.